The van der Waals surface area contributed by atoms with E-state index in [0.29, 0.717) is 144 Å². The van der Waals surface area contributed by atoms with Gasteiger partial charge in [0.05, 0.1) is 37.4 Å². The zero-order chi connectivity index (χ0) is 77.4. The molecule has 0 radical (unpaired) electrons. The summed E-state index contributed by atoms with van der Waals surface area (Å²) in [4.78, 5) is 114. The lowest BCUT2D eigenvalue weighted by atomic mass is 9.95. The number of piperazine rings is 2. The van der Waals surface area contributed by atoms with Crippen LogP contribution < -0.4 is 29.9 Å². The molecule has 6 aromatic carbocycles. The number of urea groups is 2. The maximum Gasteiger partial charge on any atom is 0.338 e. The number of thiazole rings is 2. The highest BCUT2D eigenvalue weighted by molar-refractivity contribution is 7.12. The van der Waals surface area contributed by atoms with Crippen LogP contribution in [0.2, 0.25) is 10.0 Å². The standard InChI is InChI=1S/C41H43ClFN7O5S.C40H39ClFN7O5S/c1-4-17-48(18-5-2)39(51)26-6-11-30(12-7-26)55-31-13-9-28(10-14-31)50-24-29-23-47(19-20-49(29)41(50)53)25-34-35(40(52)54-3)36(32-15-8-27(43)22-33(32)42)46-37(45-34)38-44-16-21-56-38;1-53-39(51)34-33(44-36(37-43-15-20-55-37)45-35(34)31-14-7-26(42)21-32(31)41)24-46-18-19-48-28(22-46)23-49(40(48)52)27-8-12-30(13-9-27)54-29-10-5-25(6-11-29)38(50)47-16-3-2-4-17-47/h6-16,21-22,29,36H,4-5,17-20,23-25H2,1-3H3,(H,45,46);5-15,20-21,28,35H,2-4,16-19,22-24H2,1H3,(H,44,45)/t29-,36-;28-,35-/m00/s1. The van der Waals surface area contributed by atoms with E-state index < -0.39 is 35.7 Å². The highest BCUT2D eigenvalue weighted by Crippen LogP contribution is 2.41. The first kappa shape index (κ1) is 77.1. The number of benzene rings is 6. The first-order valence-corrected chi connectivity index (χ1v) is 39.4. The number of esters is 2. The molecule has 24 nitrogen and oxygen atoms in total. The van der Waals surface area contributed by atoms with Crippen molar-refractivity contribution in [2.24, 2.45) is 9.98 Å². The molecule has 0 unspecified atom stereocenters. The van der Waals surface area contributed by atoms with Gasteiger partial charge in [-0.05, 0) is 153 Å². The molecule has 0 aliphatic carbocycles. The van der Waals surface area contributed by atoms with E-state index in [1.165, 1.54) is 79.7 Å². The van der Waals surface area contributed by atoms with Gasteiger partial charge in [-0.3, -0.25) is 39.2 Å². The number of nitrogens with one attached hydrogen (secondary N) is 2. The number of fused-ring (bicyclic) bond motifs is 2. The molecule has 9 heterocycles. The number of carbonyl (C=O) groups is 6. The lowest BCUT2D eigenvalue weighted by molar-refractivity contribution is -0.137. The quantitative estimate of drug-likeness (QED) is 0.0600. The molecule has 7 aliphatic heterocycles. The fourth-order valence-electron chi connectivity index (χ4n) is 15.0. The monoisotopic (exact) mass is 1580 g/mol. The van der Waals surface area contributed by atoms with Gasteiger partial charge in [0.15, 0.2) is 21.7 Å². The average molecular weight is 1580 g/mol. The van der Waals surface area contributed by atoms with Crippen LogP contribution in [0.4, 0.5) is 29.7 Å². The SMILES string of the molecule is CCCN(CCC)C(=O)c1ccc(Oc2ccc(N3C[C@@H]4CN(CC5=C(C(=O)OC)[C@H](c6ccc(F)cc6Cl)N=C(c6nccs6)N5)CCN4C3=O)cc2)cc1.COC(=O)C1=C(CN2CCN3C(=O)N(c4ccc(Oc5ccc(C(=O)N6CCCCC6)cc5)cc4)C[C@@H]3C2)NC(c2nccs2)=N[C@H]1c1ccc(F)cc1Cl. The second-order valence-corrected chi connectivity index (χ2v) is 30.2. The Hall–Kier alpha value is -10.6. The number of carbonyl (C=O) groups excluding carboxylic acids is 6. The molecule has 576 valence electrons. The third-order valence-electron chi connectivity index (χ3n) is 20.4. The Morgan fingerprint density at radius 1 is 0.532 bits per heavy atom. The number of halogens is 4. The van der Waals surface area contributed by atoms with E-state index in [1.807, 2.05) is 78.9 Å². The first-order valence-electron chi connectivity index (χ1n) is 36.9. The molecule has 4 atom stereocenters. The summed E-state index contributed by atoms with van der Waals surface area (Å²) < 4.78 is 50.8. The van der Waals surface area contributed by atoms with E-state index in [9.17, 15) is 37.5 Å². The van der Waals surface area contributed by atoms with Crippen molar-refractivity contribution < 1.29 is 56.5 Å². The number of anilines is 2. The predicted octanol–water partition coefficient (Wildman–Crippen LogP) is 13.6. The summed E-state index contributed by atoms with van der Waals surface area (Å²) in [5.74, 6) is 1.29. The van der Waals surface area contributed by atoms with Crippen LogP contribution in [0.3, 0.4) is 0 Å². The van der Waals surface area contributed by atoms with Crippen LogP contribution in [-0.2, 0) is 19.1 Å². The Morgan fingerprint density at radius 2 is 0.946 bits per heavy atom. The molecule has 0 bridgehead atoms. The summed E-state index contributed by atoms with van der Waals surface area (Å²) in [5.41, 5.74) is 5.40. The van der Waals surface area contributed by atoms with Crippen molar-refractivity contribution in [3.63, 3.8) is 0 Å². The summed E-state index contributed by atoms with van der Waals surface area (Å²) >= 11 is 15.8. The van der Waals surface area contributed by atoms with Gasteiger partial charge in [0.2, 0.25) is 0 Å². The number of rotatable bonds is 22. The third-order valence-corrected chi connectivity index (χ3v) is 22.6. The van der Waals surface area contributed by atoms with Gasteiger partial charge in [0, 0.05) is 170 Å². The van der Waals surface area contributed by atoms with Gasteiger partial charge >= 0.3 is 24.0 Å². The molecule has 2 aromatic heterocycles. The number of methoxy groups -OCH3 is 2. The summed E-state index contributed by atoms with van der Waals surface area (Å²) in [6.07, 6.45) is 8.41. The molecule has 15 rings (SSSR count). The second kappa shape index (κ2) is 34.7. The maximum absolute atomic E-state index is 14.1. The smallest absolute Gasteiger partial charge is 0.338 e. The van der Waals surface area contributed by atoms with Crippen LogP contribution in [0.15, 0.2) is 189 Å². The number of hydrogen-bond acceptors (Lipinski definition) is 20. The molecular weight excluding hydrogens is 1500 g/mol. The lowest BCUT2D eigenvalue weighted by Crippen LogP contribution is -2.53. The molecular formula is C81H82Cl2F2N14O10S2. The fourth-order valence-corrected chi connectivity index (χ4v) is 16.7. The summed E-state index contributed by atoms with van der Waals surface area (Å²) in [5, 5.41) is 11.9. The molecule has 0 saturated carbocycles. The molecule has 6 amide bonds. The number of aromatic nitrogens is 2. The first-order chi connectivity index (χ1) is 53.9. The van der Waals surface area contributed by atoms with Crippen molar-refractivity contribution in [2.45, 2.75) is 70.1 Å². The number of hydrogen-bond donors (Lipinski definition) is 2. The van der Waals surface area contributed by atoms with E-state index in [1.54, 1.807) is 70.7 Å². The van der Waals surface area contributed by atoms with Crippen LogP contribution in [0.25, 0.3) is 0 Å². The Balaban J connectivity index is 0.000000185. The minimum atomic E-state index is -0.863. The summed E-state index contributed by atoms with van der Waals surface area (Å²) in [6, 6.07) is 35.2. The minimum Gasteiger partial charge on any atom is -0.466 e. The number of piperidine rings is 1. The lowest BCUT2D eigenvalue weighted by Gasteiger charge is -2.38. The molecule has 7 aliphatic rings. The van der Waals surface area contributed by atoms with Crippen molar-refractivity contribution in [1.29, 1.82) is 0 Å². The number of nitrogens with zero attached hydrogens (tertiary/aromatic N) is 12. The van der Waals surface area contributed by atoms with Crippen molar-refractivity contribution in [3.8, 4) is 23.0 Å². The number of aliphatic imine (C=N–C) groups is 2. The van der Waals surface area contributed by atoms with Gasteiger partial charge in [0.25, 0.3) is 11.8 Å². The van der Waals surface area contributed by atoms with E-state index >= 15 is 0 Å². The van der Waals surface area contributed by atoms with E-state index in [0.717, 1.165) is 63.2 Å². The Bertz CT molecular complexity index is 4870. The predicted molar refractivity (Wildman–Crippen MR) is 421 cm³/mol. The van der Waals surface area contributed by atoms with Gasteiger partial charge < -0.3 is 49.2 Å². The second-order valence-electron chi connectivity index (χ2n) is 27.6. The van der Waals surface area contributed by atoms with Gasteiger partial charge in [-0.2, -0.15) is 0 Å². The number of ether oxygens (including phenoxy) is 4. The van der Waals surface area contributed by atoms with Gasteiger partial charge in [-0.25, -0.2) is 37.9 Å². The van der Waals surface area contributed by atoms with Crippen LogP contribution in [0, 0.1) is 11.6 Å². The summed E-state index contributed by atoms with van der Waals surface area (Å²) in [7, 11) is 2.62. The van der Waals surface area contributed by atoms with Crippen molar-refractivity contribution >= 4 is 105 Å². The van der Waals surface area contributed by atoms with E-state index in [2.05, 4.69) is 44.2 Å². The highest BCUT2D eigenvalue weighted by Gasteiger charge is 2.45. The molecule has 30 heteroatoms. The van der Waals surface area contributed by atoms with Crippen molar-refractivity contribution in [2.75, 3.05) is 116 Å². The number of amidine groups is 2. The van der Waals surface area contributed by atoms with Gasteiger partial charge in [-0.15, -0.1) is 22.7 Å². The Labute approximate surface area is 659 Å². The zero-order valence-corrected chi connectivity index (χ0v) is 64.7. The molecule has 2 N–H and O–H groups in total. The van der Waals surface area contributed by atoms with Gasteiger partial charge in [-0.1, -0.05) is 49.2 Å². The van der Waals surface area contributed by atoms with Crippen molar-refractivity contribution in [1.82, 2.24) is 50.0 Å². The zero-order valence-electron chi connectivity index (χ0n) is 61.5. The Morgan fingerprint density at radius 3 is 1.33 bits per heavy atom. The highest BCUT2D eigenvalue weighted by atomic mass is 35.5. The topological polar surface area (TPSA) is 240 Å². The van der Waals surface area contributed by atoms with Crippen LogP contribution >= 0.6 is 45.9 Å². The van der Waals surface area contributed by atoms with Crippen LogP contribution in [0.1, 0.15) is 99.9 Å². The molecule has 5 saturated heterocycles. The van der Waals surface area contributed by atoms with Gasteiger partial charge in [0.1, 0.15) is 46.7 Å². The maximum atomic E-state index is 14.1. The third kappa shape index (κ3) is 17.3. The van der Waals surface area contributed by atoms with E-state index in [-0.39, 0.29) is 57.2 Å². The fraction of sp³-hybridized carbons (Fsp3) is 0.333. The number of amides is 6. The Kier molecular flexibility index (Phi) is 24.1. The normalized spacial score (nSPS) is 19.3. The van der Waals surface area contributed by atoms with Crippen LogP contribution in [-0.4, -0.2) is 205 Å². The largest absolute Gasteiger partial charge is 0.466 e. The molecule has 111 heavy (non-hydrogen) atoms. The van der Waals surface area contributed by atoms with Crippen LogP contribution in [0.5, 0.6) is 23.0 Å². The number of likely N-dealkylation sites (tertiary alicyclic amines) is 1. The van der Waals surface area contributed by atoms with E-state index in [4.69, 9.17) is 52.1 Å². The van der Waals surface area contributed by atoms with Crippen molar-refractivity contribution in [3.05, 3.63) is 233 Å². The average Bonchev–Trinajstić information content (AvgIpc) is 1.64. The molecule has 5 fully saturated rings. The molecule has 8 aromatic rings. The summed E-state index contributed by atoms with van der Waals surface area (Å²) in [6.45, 7) is 12.1. The molecule has 0 spiro atoms. The minimum absolute atomic E-state index is 0.0177.